The van der Waals surface area contributed by atoms with E-state index in [1.54, 1.807) is 6.20 Å². The number of thiazole rings is 1. The first-order valence-corrected chi connectivity index (χ1v) is 10.8. The number of ether oxygens (including phenoxy) is 1. The van der Waals surface area contributed by atoms with Gasteiger partial charge < -0.3 is 20.3 Å². The minimum absolute atomic E-state index is 0.0367. The summed E-state index contributed by atoms with van der Waals surface area (Å²) in [6.45, 7) is 6.01. The predicted molar refractivity (Wildman–Crippen MR) is 118 cm³/mol. The molecule has 0 atom stereocenters. The first kappa shape index (κ1) is 18.9. The van der Waals surface area contributed by atoms with Crippen LogP contribution in [0.2, 0.25) is 0 Å². The Morgan fingerprint density at radius 2 is 2.23 bits per heavy atom. The highest BCUT2D eigenvalue weighted by molar-refractivity contribution is 7.17. The zero-order valence-corrected chi connectivity index (χ0v) is 17.8. The number of rotatable bonds is 4. The molecule has 3 aromatic rings. The Morgan fingerprint density at radius 3 is 3.07 bits per heavy atom. The molecule has 1 aromatic carbocycles. The van der Waals surface area contributed by atoms with Crippen molar-refractivity contribution in [3.63, 3.8) is 0 Å². The number of benzene rings is 1. The molecule has 4 heterocycles. The van der Waals surface area contributed by atoms with Gasteiger partial charge in [-0.05, 0) is 43.7 Å². The van der Waals surface area contributed by atoms with Crippen LogP contribution in [0.5, 0.6) is 5.75 Å². The van der Waals surface area contributed by atoms with Gasteiger partial charge in [0, 0.05) is 36.6 Å². The van der Waals surface area contributed by atoms with Crippen LogP contribution in [0.3, 0.4) is 0 Å². The second-order valence-electron chi connectivity index (χ2n) is 8.18. The Hall–Kier alpha value is -3.13. The Kier molecular flexibility index (Phi) is 4.58. The lowest BCUT2D eigenvalue weighted by Crippen LogP contribution is -2.48. The van der Waals surface area contributed by atoms with E-state index in [1.165, 1.54) is 11.3 Å². The summed E-state index contributed by atoms with van der Waals surface area (Å²) >= 11 is 1.45. The smallest absolute Gasteiger partial charge is 0.263 e. The van der Waals surface area contributed by atoms with E-state index in [9.17, 15) is 4.79 Å². The molecule has 8 heteroatoms. The molecule has 0 radical (unpaired) electrons. The minimum atomic E-state index is -0.276. The molecule has 2 N–H and O–H groups in total. The van der Waals surface area contributed by atoms with Crippen molar-refractivity contribution in [2.24, 2.45) is 0 Å². The van der Waals surface area contributed by atoms with Crippen molar-refractivity contribution in [1.29, 1.82) is 0 Å². The third-order valence-corrected chi connectivity index (χ3v) is 6.35. The molecule has 0 aliphatic carbocycles. The number of hydrogen-bond acceptors (Lipinski definition) is 7. The number of pyridine rings is 1. The average Bonchev–Trinajstić information content (AvgIpc) is 3.15. The number of carbonyl (C=O) groups excluding carboxylic acids is 1. The summed E-state index contributed by atoms with van der Waals surface area (Å²) < 4.78 is 5.87. The molecule has 0 saturated carbocycles. The summed E-state index contributed by atoms with van der Waals surface area (Å²) in [5, 5.41) is 7.34. The topological polar surface area (TPSA) is 79.4 Å². The molecule has 0 unspecified atom stereocenters. The van der Waals surface area contributed by atoms with E-state index in [0.717, 1.165) is 39.9 Å². The number of fused-ring (bicyclic) bond motifs is 2. The first-order valence-electron chi connectivity index (χ1n) is 9.98. The number of hydrogen-bond donors (Lipinski definition) is 2. The summed E-state index contributed by atoms with van der Waals surface area (Å²) in [6.07, 6.45) is 4.36. The monoisotopic (exact) mass is 421 g/mol. The highest BCUT2D eigenvalue weighted by atomic mass is 32.1. The van der Waals surface area contributed by atoms with Crippen molar-refractivity contribution in [3.05, 3.63) is 58.9 Å². The number of aromatic nitrogens is 2. The second kappa shape index (κ2) is 7.28. The van der Waals surface area contributed by atoms with Gasteiger partial charge in [-0.15, -0.1) is 0 Å². The van der Waals surface area contributed by atoms with Crippen molar-refractivity contribution >= 4 is 33.8 Å². The normalized spacial score (nSPS) is 16.9. The third-order valence-electron chi connectivity index (χ3n) is 5.23. The molecule has 5 rings (SSSR count). The SMILES string of the molecule is CC1(C)Cc2nc(N3CCOc4ccc(NCc5cccnc5)cc43)sc2C(=O)N1. The minimum Gasteiger partial charge on any atom is -0.490 e. The Balaban J connectivity index is 1.43. The molecule has 7 nitrogen and oxygen atoms in total. The number of carbonyl (C=O) groups is 1. The first-order chi connectivity index (χ1) is 14.5. The lowest BCUT2D eigenvalue weighted by Gasteiger charge is -2.30. The van der Waals surface area contributed by atoms with Gasteiger partial charge in [0.1, 0.15) is 17.2 Å². The maximum Gasteiger partial charge on any atom is 0.263 e. The summed E-state index contributed by atoms with van der Waals surface area (Å²) in [5.74, 6) is 0.788. The second-order valence-corrected chi connectivity index (χ2v) is 9.16. The van der Waals surface area contributed by atoms with Gasteiger partial charge in [-0.3, -0.25) is 9.78 Å². The van der Waals surface area contributed by atoms with E-state index >= 15 is 0 Å². The molecule has 0 spiro atoms. The Morgan fingerprint density at radius 1 is 1.33 bits per heavy atom. The Labute approximate surface area is 179 Å². The molecule has 0 bridgehead atoms. The zero-order valence-electron chi connectivity index (χ0n) is 16.9. The maximum absolute atomic E-state index is 12.5. The largest absolute Gasteiger partial charge is 0.490 e. The van der Waals surface area contributed by atoms with E-state index in [2.05, 4.69) is 26.6 Å². The number of anilines is 3. The highest BCUT2D eigenvalue weighted by Crippen LogP contribution is 2.41. The van der Waals surface area contributed by atoms with Crippen LogP contribution >= 0.6 is 11.3 Å². The van der Waals surface area contributed by atoms with Crippen LogP contribution < -0.4 is 20.3 Å². The summed E-state index contributed by atoms with van der Waals surface area (Å²) in [7, 11) is 0. The van der Waals surface area contributed by atoms with Crippen molar-refractivity contribution in [2.75, 3.05) is 23.4 Å². The quantitative estimate of drug-likeness (QED) is 0.668. The fraction of sp³-hybridized carbons (Fsp3) is 0.318. The molecule has 154 valence electrons. The average molecular weight is 422 g/mol. The molecule has 30 heavy (non-hydrogen) atoms. The van der Waals surface area contributed by atoms with Crippen LogP contribution in [-0.2, 0) is 13.0 Å². The molecule has 2 aliphatic rings. The fourth-order valence-electron chi connectivity index (χ4n) is 3.81. The molecular weight excluding hydrogens is 398 g/mol. The van der Waals surface area contributed by atoms with Crippen LogP contribution in [0.15, 0.2) is 42.7 Å². The summed E-state index contributed by atoms with van der Waals surface area (Å²) in [6, 6.07) is 10.1. The van der Waals surface area contributed by atoms with Crippen LogP contribution in [-0.4, -0.2) is 34.6 Å². The van der Waals surface area contributed by atoms with Crippen LogP contribution in [0.1, 0.15) is 34.8 Å². The van der Waals surface area contributed by atoms with E-state index in [0.29, 0.717) is 24.6 Å². The van der Waals surface area contributed by atoms with Crippen LogP contribution in [0.4, 0.5) is 16.5 Å². The third kappa shape index (κ3) is 3.59. The van der Waals surface area contributed by atoms with Gasteiger partial charge >= 0.3 is 0 Å². The van der Waals surface area contributed by atoms with Crippen LogP contribution in [0, 0.1) is 0 Å². The number of nitrogens with zero attached hydrogens (tertiary/aromatic N) is 3. The van der Waals surface area contributed by atoms with Gasteiger partial charge in [0.05, 0.1) is 17.9 Å². The van der Waals surface area contributed by atoms with Gasteiger partial charge in [-0.25, -0.2) is 4.98 Å². The molecular formula is C22H23N5O2S. The van der Waals surface area contributed by atoms with E-state index < -0.39 is 0 Å². The zero-order chi connectivity index (χ0) is 20.7. The molecule has 0 fully saturated rings. The van der Waals surface area contributed by atoms with Crippen molar-refractivity contribution in [3.8, 4) is 5.75 Å². The van der Waals surface area contributed by atoms with Crippen molar-refractivity contribution < 1.29 is 9.53 Å². The van der Waals surface area contributed by atoms with Gasteiger partial charge in [0.2, 0.25) is 0 Å². The Bertz CT molecular complexity index is 1100. The molecule has 0 saturated heterocycles. The molecule has 1 amide bonds. The van der Waals surface area contributed by atoms with Crippen LogP contribution in [0.25, 0.3) is 0 Å². The molecule has 2 aliphatic heterocycles. The van der Waals surface area contributed by atoms with Gasteiger partial charge in [0.25, 0.3) is 5.91 Å². The maximum atomic E-state index is 12.5. The molecule has 2 aromatic heterocycles. The number of amides is 1. The van der Waals surface area contributed by atoms with E-state index in [-0.39, 0.29) is 11.4 Å². The lowest BCUT2D eigenvalue weighted by atomic mass is 9.94. The van der Waals surface area contributed by atoms with Gasteiger partial charge in [0.15, 0.2) is 5.13 Å². The summed E-state index contributed by atoms with van der Waals surface area (Å²) in [5.41, 5.74) is 3.67. The van der Waals surface area contributed by atoms with Crippen molar-refractivity contribution in [1.82, 2.24) is 15.3 Å². The predicted octanol–water partition coefficient (Wildman–Crippen LogP) is 3.75. The van der Waals surface area contributed by atoms with E-state index in [1.807, 2.05) is 44.3 Å². The lowest BCUT2D eigenvalue weighted by molar-refractivity contribution is 0.0901. The van der Waals surface area contributed by atoms with Crippen molar-refractivity contribution in [2.45, 2.75) is 32.4 Å². The highest BCUT2D eigenvalue weighted by Gasteiger charge is 2.34. The van der Waals surface area contributed by atoms with Gasteiger partial charge in [-0.2, -0.15) is 0 Å². The standard InChI is InChI=1S/C22H23N5O2S/c1-22(2)11-16-19(20(28)26-22)30-21(25-16)27-8-9-29-18-6-5-15(10-17(18)27)24-13-14-4-3-7-23-12-14/h3-7,10,12,24H,8-9,11,13H2,1-2H3,(H,26,28). The van der Waals surface area contributed by atoms with E-state index in [4.69, 9.17) is 9.72 Å². The van der Waals surface area contributed by atoms with Gasteiger partial charge in [-0.1, -0.05) is 17.4 Å². The fourth-order valence-corrected chi connectivity index (χ4v) is 4.83. The number of nitrogens with one attached hydrogen (secondary N) is 2. The summed E-state index contributed by atoms with van der Waals surface area (Å²) in [4.78, 5) is 24.4.